The third-order valence-electron chi connectivity index (χ3n) is 5.06. The molecule has 1 heterocycles. The van der Waals surface area contributed by atoms with Crippen LogP contribution in [0.3, 0.4) is 0 Å². The number of nitrogens with one attached hydrogen (secondary N) is 1. The summed E-state index contributed by atoms with van der Waals surface area (Å²) < 4.78 is 26.0. The molecule has 2 fully saturated rings. The van der Waals surface area contributed by atoms with Crippen LogP contribution in [0.2, 0.25) is 0 Å². The minimum absolute atomic E-state index is 0.0902. The van der Waals surface area contributed by atoms with E-state index in [4.69, 9.17) is 0 Å². The van der Waals surface area contributed by atoms with Crippen LogP contribution in [0.4, 0.5) is 11.4 Å². The lowest BCUT2D eigenvalue weighted by molar-refractivity contribution is -0.120. The van der Waals surface area contributed by atoms with Crippen molar-refractivity contribution >= 4 is 27.3 Å². The minimum Gasteiger partial charge on any atom is -0.326 e. The summed E-state index contributed by atoms with van der Waals surface area (Å²) in [5, 5.41) is 3.00. The van der Waals surface area contributed by atoms with Gasteiger partial charge in [0.2, 0.25) is 15.9 Å². The molecule has 1 amide bonds. The number of rotatable bonds is 3. The van der Waals surface area contributed by atoms with Gasteiger partial charge < -0.3 is 5.32 Å². The number of sulfonamides is 1. The van der Waals surface area contributed by atoms with Crippen molar-refractivity contribution in [1.29, 1.82) is 0 Å². The third-order valence-corrected chi connectivity index (χ3v) is 6.91. The van der Waals surface area contributed by atoms with E-state index >= 15 is 0 Å². The highest BCUT2D eigenvalue weighted by molar-refractivity contribution is 7.92. The van der Waals surface area contributed by atoms with Crippen LogP contribution in [-0.4, -0.2) is 26.6 Å². The standard InChI is InChI=1S/C18H26N2O3S/c1-14-13-16(19-18(21)15-7-3-2-4-8-15)9-10-17(14)20-11-5-6-12-24(20,22)23/h9-10,13,15H,2-8,11-12H2,1H3,(H,19,21). The van der Waals surface area contributed by atoms with Gasteiger partial charge in [-0.3, -0.25) is 9.10 Å². The van der Waals surface area contributed by atoms with Crippen molar-refractivity contribution in [1.82, 2.24) is 0 Å². The predicted octanol–water partition coefficient (Wildman–Crippen LogP) is 3.44. The number of carbonyl (C=O) groups is 1. The zero-order valence-electron chi connectivity index (χ0n) is 14.3. The second-order valence-corrected chi connectivity index (χ2v) is 8.93. The summed E-state index contributed by atoms with van der Waals surface area (Å²) in [5.74, 6) is 0.417. The Morgan fingerprint density at radius 2 is 1.88 bits per heavy atom. The van der Waals surface area contributed by atoms with E-state index in [-0.39, 0.29) is 17.6 Å². The molecule has 0 bridgehead atoms. The first-order valence-electron chi connectivity index (χ1n) is 8.89. The number of amides is 1. The van der Waals surface area contributed by atoms with Gasteiger partial charge in [-0.15, -0.1) is 0 Å². The molecule has 1 N–H and O–H groups in total. The number of hydrogen-bond donors (Lipinski definition) is 1. The lowest BCUT2D eigenvalue weighted by Gasteiger charge is -2.29. The molecule has 5 nitrogen and oxygen atoms in total. The van der Waals surface area contributed by atoms with E-state index in [2.05, 4.69) is 5.32 Å². The van der Waals surface area contributed by atoms with E-state index in [0.717, 1.165) is 55.5 Å². The maximum atomic E-state index is 12.4. The van der Waals surface area contributed by atoms with Crippen LogP contribution in [-0.2, 0) is 14.8 Å². The molecular formula is C18H26N2O3S. The summed E-state index contributed by atoms with van der Waals surface area (Å²) in [6.07, 6.45) is 7.03. The van der Waals surface area contributed by atoms with Gasteiger partial charge in [0.1, 0.15) is 0 Å². The van der Waals surface area contributed by atoms with Gasteiger partial charge >= 0.3 is 0 Å². The highest BCUT2D eigenvalue weighted by Crippen LogP contribution is 2.30. The first kappa shape index (κ1) is 17.3. The van der Waals surface area contributed by atoms with Crippen LogP contribution < -0.4 is 9.62 Å². The smallest absolute Gasteiger partial charge is 0.235 e. The molecule has 0 aromatic heterocycles. The van der Waals surface area contributed by atoms with Crippen LogP contribution >= 0.6 is 0 Å². The Kier molecular flexibility index (Phi) is 5.13. The Bertz CT molecular complexity index is 709. The van der Waals surface area contributed by atoms with E-state index < -0.39 is 10.0 Å². The average Bonchev–Trinajstić information content (AvgIpc) is 2.56. The normalized spacial score (nSPS) is 21.5. The molecule has 3 rings (SSSR count). The van der Waals surface area contributed by atoms with E-state index in [0.29, 0.717) is 6.54 Å². The van der Waals surface area contributed by atoms with Crippen molar-refractivity contribution in [3.63, 3.8) is 0 Å². The van der Waals surface area contributed by atoms with Gasteiger partial charge in [0, 0.05) is 18.2 Å². The fourth-order valence-electron chi connectivity index (χ4n) is 3.68. The van der Waals surface area contributed by atoms with Gasteiger partial charge in [0.05, 0.1) is 11.4 Å². The van der Waals surface area contributed by atoms with Gasteiger partial charge in [0.25, 0.3) is 0 Å². The van der Waals surface area contributed by atoms with Gasteiger partial charge in [-0.1, -0.05) is 19.3 Å². The lowest BCUT2D eigenvalue weighted by atomic mass is 9.88. The second-order valence-electron chi connectivity index (χ2n) is 6.92. The van der Waals surface area contributed by atoms with Crippen LogP contribution in [0.15, 0.2) is 18.2 Å². The maximum absolute atomic E-state index is 12.4. The molecule has 0 unspecified atom stereocenters. The van der Waals surface area contributed by atoms with Crippen molar-refractivity contribution in [2.24, 2.45) is 5.92 Å². The first-order chi connectivity index (χ1) is 11.5. The number of anilines is 2. The molecule has 0 radical (unpaired) electrons. The Balaban J connectivity index is 1.73. The Morgan fingerprint density at radius 3 is 2.54 bits per heavy atom. The molecule has 1 saturated carbocycles. The summed E-state index contributed by atoms with van der Waals surface area (Å²) >= 11 is 0. The Hall–Kier alpha value is -1.56. The molecule has 1 aliphatic heterocycles. The van der Waals surface area contributed by atoms with Crippen molar-refractivity contribution < 1.29 is 13.2 Å². The van der Waals surface area contributed by atoms with Gasteiger partial charge in [-0.2, -0.15) is 0 Å². The molecule has 132 valence electrons. The SMILES string of the molecule is Cc1cc(NC(=O)C2CCCCC2)ccc1N1CCCCS1(=O)=O. The second kappa shape index (κ2) is 7.13. The summed E-state index contributed by atoms with van der Waals surface area (Å²) in [6, 6.07) is 5.50. The highest BCUT2D eigenvalue weighted by atomic mass is 32.2. The van der Waals surface area contributed by atoms with Crippen LogP contribution in [0.1, 0.15) is 50.5 Å². The molecule has 1 saturated heterocycles. The van der Waals surface area contributed by atoms with Crippen molar-refractivity contribution in [2.45, 2.75) is 51.9 Å². The summed E-state index contributed by atoms with van der Waals surface area (Å²) in [6.45, 7) is 2.44. The average molecular weight is 350 g/mol. The molecule has 0 atom stereocenters. The highest BCUT2D eigenvalue weighted by Gasteiger charge is 2.27. The minimum atomic E-state index is -3.21. The van der Waals surface area contributed by atoms with Crippen molar-refractivity contribution in [3.8, 4) is 0 Å². The van der Waals surface area contributed by atoms with E-state index in [9.17, 15) is 13.2 Å². The van der Waals surface area contributed by atoms with Crippen LogP contribution in [0.25, 0.3) is 0 Å². The predicted molar refractivity (Wildman–Crippen MR) is 96.8 cm³/mol. The molecular weight excluding hydrogens is 324 g/mol. The summed E-state index contributed by atoms with van der Waals surface area (Å²) in [5.41, 5.74) is 2.36. The van der Waals surface area contributed by atoms with Gasteiger partial charge in [0.15, 0.2) is 0 Å². The number of hydrogen-bond acceptors (Lipinski definition) is 3. The first-order valence-corrected chi connectivity index (χ1v) is 10.5. The zero-order valence-corrected chi connectivity index (χ0v) is 15.1. The molecule has 2 aliphatic rings. The van der Waals surface area contributed by atoms with E-state index in [1.165, 1.54) is 10.7 Å². The van der Waals surface area contributed by atoms with E-state index in [1.807, 2.05) is 25.1 Å². The fraction of sp³-hybridized carbons (Fsp3) is 0.611. The molecule has 24 heavy (non-hydrogen) atoms. The summed E-state index contributed by atoms with van der Waals surface area (Å²) in [7, 11) is -3.21. The number of carbonyl (C=O) groups excluding carboxylic acids is 1. The molecule has 0 spiro atoms. The quantitative estimate of drug-likeness (QED) is 0.908. The lowest BCUT2D eigenvalue weighted by Crippen LogP contribution is -2.38. The zero-order chi connectivity index (χ0) is 17.2. The van der Waals surface area contributed by atoms with Crippen LogP contribution in [0, 0.1) is 12.8 Å². The third kappa shape index (κ3) is 3.74. The number of benzene rings is 1. The van der Waals surface area contributed by atoms with Gasteiger partial charge in [-0.25, -0.2) is 8.42 Å². The fourth-order valence-corrected chi connectivity index (χ4v) is 5.38. The monoisotopic (exact) mass is 350 g/mol. The van der Waals surface area contributed by atoms with E-state index in [1.54, 1.807) is 0 Å². The number of aryl methyl sites for hydroxylation is 1. The molecule has 1 aromatic carbocycles. The molecule has 6 heteroatoms. The van der Waals surface area contributed by atoms with Gasteiger partial charge in [-0.05, 0) is 56.4 Å². The Morgan fingerprint density at radius 1 is 1.12 bits per heavy atom. The largest absolute Gasteiger partial charge is 0.326 e. The topological polar surface area (TPSA) is 66.5 Å². The molecule has 1 aliphatic carbocycles. The summed E-state index contributed by atoms with van der Waals surface area (Å²) in [4.78, 5) is 12.4. The van der Waals surface area contributed by atoms with Crippen LogP contribution in [0.5, 0.6) is 0 Å². The van der Waals surface area contributed by atoms with Crippen molar-refractivity contribution in [3.05, 3.63) is 23.8 Å². The number of nitrogens with zero attached hydrogens (tertiary/aromatic N) is 1. The van der Waals surface area contributed by atoms with Crippen molar-refractivity contribution in [2.75, 3.05) is 21.9 Å². The Labute approximate surface area is 144 Å². The molecule has 1 aromatic rings. The maximum Gasteiger partial charge on any atom is 0.235 e.